The number of fused-ring (bicyclic) bond motifs is 1. The van der Waals surface area contributed by atoms with Crippen molar-refractivity contribution in [2.45, 2.75) is 31.9 Å². The standard InChI is InChI=1S/C12H16FN5O2/c1-12(4-19)3-6(2-7(12)20)18-5-15-8-9(14)16-11(13)17-10(8)18/h5-7,19-20H,2-4H2,1H3,(H2,14,16,17)/t6-,7-,12+/m0/s1. The van der Waals surface area contributed by atoms with E-state index < -0.39 is 17.6 Å². The molecule has 1 aliphatic rings. The zero-order valence-electron chi connectivity index (χ0n) is 11.0. The summed E-state index contributed by atoms with van der Waals surface area (Å²) in [5.74, 6) is -0.00489. The van der Waals surface area contributed by atoms with Crippen molar-refractivity contribution in [3.05, 3.63) is 12.4 Å². The zero-order chi connectivity index (χ0) is 14.5. The van der Waals surface area contributed by atoms with Gasteiger partial charge in [0, 0.05) is 11.5 Å². The summed E-state index contributed by atoms with van der Waals surface area (Å²) in [7, 11) is 0. The van der Waals surface area contributed by atoms with Gasteiger partial charge in [0.25, 0.3) is 0 Å². The molecule has 8 heteroatoms. The van der Waals surface area contributed by atoms with Crippen molar-refractivity contribution in [1.29, 1.82) is 0 Å². The zero-order valence-corrected chi connectivity index (χ0v) is 11.0. The molecule has 20 heavy (non-hydrogen) atoms. The van der Waals surface area contributed by atoms with Gasteiger partial charge in [-0.25, -0.2) is 4.98 Å². The number of nitrogens with two attached hydrogens (primary N) is 1. The van der Waals surface area contributed by atoms with E-state index in [4.69, 9.17) is 5.73 Å². The number of nitrogen functional groups attached to an aromatic ring is 1. The first-order valence-corrected chi connectivity index (χ1v) is 6.39. The minimum atomic E-state index is -0.903. The molecule has 3 atom stereocenters. The molecule has 4 N–H and O–H groups in total. The second-order valence-electron chi connectivity index (χ2n) is 5.62. The van der Waals surface area contributed by atoms with Crippen LogP contribution < -0.4 is 5.73 Å². The Morgan fingerprint density at radius 3 is 2.95 bits per heavy atom. The highest BCUT2D eigenvalue weighted by Crippen LogP contribution is 2.44. The lowest BCUT2D eigenvalue weighted by Crippen LogP contribution is -2.30. The van der Waals surface area contributed by atoms with Crippen LogP contribution in [0.25, 0.3) is 11.2 Å². The van der Waals surface area contributed by atoms with E-state index in [9.17, 15) is 14.6 Å². The van der Waals surface area contributed by atoms with Crippen LogP contribution in [0.5, 0.6) is 0 Å². The van der Waals surface area contributed by atoms with E-state index in [0.29, 0.717) is 24.0 Å². The molecule has 0 bridgehead atoms. The third-order valence-electron chi connectivity index (χ3n) is 4.18. The minimum absolute atomic E-state index is 0.00489. The third kappa shape index (κ3) is 1.83. The molecule has 2 aromatic rings. The van der Waals surface area contributed by atoms with E-state index >= 15 is 0 Å². The quantitative estimate of drug-likeness (QED) is 0.680. The monoisotopic (exact) mass is 281 g/mol. The van der Waals surface area contributed by atoms with Crippen molar-refractivity contribution in [2.75, 3.05) is 12.3 Å². The summed E-state index contributed by atoms with van der Waals surface area (Å²) in [6, 6.07) is -0.110. The van der Waals surface area contributed by atoms with Crippen molar-refractivity contribution in [2.24, 2.45) is 5.41 Å². The fourth-order valence-electron chi connectivity index (χ4n) is 2.86. The second-order valence-corrected chi connectivity index (χ2v) is 5.62. The molecule has 0 radical (unpaired) electrons. The first kappa shape index (κ1) is 13.2. The number of imidazole rings is 1. The largest absolute Gasteiger partial charge is 0.396 e. The Labute approximate surface area is 114 Å². The minimum Gasteiger partial charge on any atom is -0.396 e. The van der Waals surface area contributed by atoms with E-state index in [1.54, 1.807) is 4.57 Å². The average molecular weight is 281 g/mol. The Morgan fingerprint density at radius 2 is 2.30 bits per heavy atom. The van der Waals surface area contributed by atoms with Crippen LogP contribution in [0.3, 0.4) is 0 Å². The first-order valence-electron chi connectivity index (χ1n) is 6.39. The highest BCUT2D eigenvalue weighted by Gasteiger charge is 2.43. The van der Waals surface area contributed by atoms with E-state index in [1.807, 2.05) is 6.92 Å². The third-order valence-corrected chi connectivity index (χ3v) is 4.18. The molecule has 0 spiro atoms. The summed E-state index contributed by atoms with van der Waals surface area (Å²) in [5.41, 5.74) is 5.71. The molecular formula is C12H16FN5O2. The van der Waals surface area contributed by atoms with Crippen LogP contribution in [0.15, 0.2) is 6.33 Å². The summed E-state index contributed by atoms with van der Waals surface area (Å²) >= 11 is 0. The van der Waals surface area contributed by atoms with Crippen LogP contribution in [0.4, 0.5) is 10.2 Å². The van der Waals surface area contributed by atoms with Crippen LogP contribution in [0, 0.1) is 11.5 Å². The highest BCUT2D eigenvalue weighted by atomic mass is 19.1. The number of anilines is 1. The molecule has 0 aromatic carbocycles. The summed E-state index contributed by atoms with van der Waals surface area (Å²) in [4.78, 5) is 11.3. The molecule has 1 aliphatic carbocycles. The predicted octanol–water partition coefficient (Wildman–Crippen LogP) is 0.242. The van der Waals surface area contributed by atoms with Gasteiger partial charge in [-0.3, -0.25) is 0 Å². The van der Waals surface area contributed by atoms with Gasteiger partial charge in [0.15, 0.2) is 11.5 Å². The molecule has 7 nitrogen and oxygen atoms in total. The van der Waals surface area contributed by atoms with Crippen LogP contribution in [0.1, 0.15) is 25.8 Å². The Kier molecular flexibility index (Phi) is 2.87. The molecule has 0 aliphatic heterocycles. The van der Waals surface area contributed by atoms with Crippen LogP contribution in [-0.2, 0) is 0 Å². The molecule has 0 saturated heterocycles. The van der Waals surface area contributed by atoms with Crippen LogP contribution in [0.2, 0.25) is 0 Å². The summed E-state index contributed by atoms with van der Waals surface area (Å²) in [6.07, 6.45) is 1.00. The molecule has 0 unspecified atom stereocenters. The Bertz CT molecular complexity index is 661. The lowest BCUT2D eigenvalue weighted by Gasteiger charge is -2.24. The molecular weight excluding hydrogens is 265 g/mol. The van der Waals surface area contributed by atoms with Gasteiger partial charge in [-0.15, -0.1) is 0 Å². The SMILES string of the molecule is C[C@]1(CO)C[C@@H](n2cnc3c(N)nc(F)nc32)C[C@@H]1O. The summed E-state index contributed by atoms with van der Waals surface area (Å²) in [6.45, 7) is 1.71. The van der Waals surface area contributed by atoms with Crippen LogP contribution >= 0.6 is 0 Å². The Morgan fingerprint density at radius 1 is 1.55 bits per heavy atom. The van der Waals surface area contributed by atoms with Crippen molar-refractivity contribution in [3.8, 4) is 0 Å². The Hall–Kier alpha value is -1.80. The van der Waals surface area contributed by atoms with Gasteiger partial charge in [-0.1, -0.05) is 6.92 Å². The first-order chi connectivity index (χ1) is 9.44. The number of aliphatic hydroxyl groups is 2. The smallest absolute Gasteiger partial charge is 0.312 e. The average Bonchev–Trinajstić information content (AvgIpc) is 2.92. The normalized spacial score (nSPS) is 30.2. The van der Waals surface area contributed by atoms with Crippen molar-refractivity contribution >= 4 is 17.0 Å². The number of aliphatic hydroxyl groups excluding tert-OH is 2. The van der Waals surface area contributed by atoms with E-state index in [1.165, 1.54) is 6.33 Å². The number of aromatic nitrogens is 4. The van der Waals surface area contributed by atoms with E-state index in [0.717, 1.165) is 0 Å². The number of nitrogens with zero attached hydrogens (tertiary/aromatic N) is 4. The van der Waals surface area contributed by atoms with Gasteiger partial charge >= 0.3 is 6.08 Å². The van der Waals surface area contributed by atoms with Gasteiger partial charge in [0.2, 0.25) is 0 Å². The number of hydrogen-bond donors (Lipinski definition) is 3. The van der Waals surface area contributed by atoms with E-state index in [2.05, 4.69) is 15.0 Å². The second kappa shape index (κ2) is 4.35. The van der Waals surface area contributed by atoms with Gasteiger partial charge in [-0.05, 0) is 12.8 Å². The van der Waals surface area contributed by atoms with Crippen molar-refractivity contribution in [3.63, 3.8) is 0 Å². The maximum atomic E-state index is 13.3. The number of halogens is 1. The fraction of sp³-hybridized carbons (Fsp3) is 0.583. The van der Waals surface area contributed by atoms with Gasteiger partial charge in [0.1, 0.15) is 5.52 Å². The molecule has 3 rings (SSSR count). The topological polar surface area (TPSA) is 110 Å². The molecule has 2 heterocycles. The van der Waals surface area contributed by atoms with Gasteiger partial charge in [0.05, 0.1) is 19.0 Å². The molecule has 2 aromatic heterocycles. The fourth-order valence-corrected chi connectivity index (χ4v) is 2.86. The predicted molar refractivity (Wildman–Crippen MR) is 69.2 cm³/mol. The Balaban J connectivity index is 2.04. The van der Waals surface area contributed by atoms with Gasteiger partial charge in [-0.2, -0.15) is 14.4 Å². The maximum Gasteiger partial charge on any atom is 0.312 e. The molecule has 1 saturated carbocycles. The summed E-state index contributed by atoms with van der Waals surface area (Å²) in [5, 5.41) is 19.5. The lowest BCUT2D eigenvalue weighted by atomic mass is 9.87. The molecule has 108 valence electrons. The lowest BCUT2D eigenvalue weighted by molar-refractivity contribution is 0.0201. The summed E-state index contributed by atoms with van der Waals surface area (Å²) < 4.78 is 15.0. The molecule has 1 fully saturated rings. The van der Waals surface area contributed by atoms with Crippen molar-refractivity contribution in [1.82, 2.24) is 19.5 Å². The van der Waals surface area contributed by atoms with Crippen molar-refractivity contribution < 1.29 is 14.6 Å². The van der Waals surface area contributed by atoms with Crippen LogP contribution in [-0.4, -0.2) is 42.4 Å². The number of hydrogen-bond acceptors (Lipinski definition) is 6. The molecule has 0 amide bonds. The maximum absolute atomic E-state index is 13.3. The van der Waals surface area contributed by atoms with E-state index in [-0.39, 0.29) is 18.5 Å². The van der Waals surface area contributed by atoms with Gasteiger partial charge < -0.3 is 20.5 Å². The highest BCUT2D eigenvalue weighted by molar-refractivity contribution is 5.81. The number of rotatable bonds is 2.